The van der Waals surface area contributed by atoms with Crippen LogP contribution in [0.3, 0.4) is 0 Å². The van der Waals surface area contributed by atoms with Crippen molar-refractivity contribution < 1.29 is 9.84 Å². The summed E-state index contributed by atoms with van der Waals surface area (Å²) in [5.41, 5.74) is 8.96. The first-order valence-corrected chi connectivity index (χ1v) is 8.13. The molecule has 0 radical (unpaired) electrons. The lowest BCUT2D eigenvalue weighted by molar-refractivity contribution is 0.171. The number of rotatable bonds is 9. The Labute approximate surface area is 144 Å². The second-order valence-electron chi connectivity index (χ2n) is 5.85. The van der Waals surface area contributed by atoms with Crippen molar-refractivity contribution >= 4 is 0 Å². The van der Waals surface area contributed by atoms with Gasteiger partial charge in [-0.1, -0.05) is 49.0 Å². The molecule has 4 N–H and O–H groups in total. The van der Waals surface area contributed by atoms with Gasteiger partial charge in [0.1, 0.15) is 11.9 Å². The highest BCUT2D eigenvalue weighted by molar-refractivity contribution is 5.27. The largest absolute Gasteiger partial charge is 0.497 e. The molecule has 0 aliphatic rings. The lowest BCUT2D eigenvalue weighted by Gasteiger charge is -2.22. The summed E-state index contributed by atoms with van der Waals surface area (Å²) < 4.78 is 5.14. The Morgan fingerprint density at radius 3 is 2.42 bits per heavy atom. The minimum atomic E-state index is -0.777. The van der Waals surface area contributed by atoms with Gasteiger partial charge in [-0.3, -0.25) is 0 Å². The third-order valence-corrected chi connectivity index (χ3v) is 4.00. The molecule has 0 heterocycles. The molecular formula is C20H26N2O2. The van der Waals surface area contributed by atoms with Crippen molar-refractivity contribution in [2.24, 2.45) is 5.73 Å². The first-order valence-electron chi connectivity index (χ1n) is 8.13. The smallest absolute Gasteiger partial charge is 0.118 e. The summed E-state index contributed by atoms with van der Waals surface area (Å²) in [5, 5.41) is 13.5. The highest BCUT2D eigenvalue weighted by Crippen LogP contribution is 2.12. The van der Waals surface area contributed by atoms with Crippen molar-refractivity contribution in [3.63, 3.8) is 0 Å². The van der Waals surface area contributed by atoms with Crippen LogP contribution >= 0.6 is 0 Å². The van der Waals surface area contributed by atoms with Gasteiger partial charge in [0.25, 0.3) is 0 Å². The molecule has 0 aliphatic heterocycles. The number of aliphatic hydroxyl groups excluding tert-OH is 1. The first-order chi connectivity index (χ1) is 11.6. The van der Waals surface area contributed by atoms with Crippen LogP contribution in [0.1, 0.15) is 11.1 Å². The van der Waals surface area contributed by atoms with E-state index in [0.717, 1.165) is 17.7 Å². The fourth-order valence-electron chi connectivity index (χ4n) is 2.52. The van der Waals surface area contributed by atoms with E-state index in [1.165, 1.54) is 5.56 Å². The molecule has 4 heteroatoms. The lowest BCUT2D eigenvalue weighted by atomic mass is 10.0. The Morgan fingerprint density at radius 2 is 1.79 bits per heavy atom. The summed E-state index contributed by atoms with van der Waals surface area (Å²) in [4.78, 5) is 0. The molecule has 0 saturated carbocycles. The second kappa shape index (κ2) is 9.11. The van der Waals surface area contributed by atoms with E-state index in [-0.39, 0.29) is 6.04 Å². The SMILES string of the molecule is C=C(NCCc1ccc(OC)cc1)C(O)C(N)Cc1ccccc1. The fourth-order valence-corrected chi connectivity index (χ4v) is 2.52. The Morgan fingerprint density at radius 1 is 1.12 bits per heavy atom. The monoisotopic (exact) mass is 326 g/mol. The van der Waals surface area contributed by atoms with Gasteiger partial charge in [-0.15, -0.1) is 0 Å². The summed E-state index contributed by atoms with van der Waals surface area (Å²) in [7, 11) is 1.65. The topological polar surface area (TPSA) is 67.5 Å². The number of ether oxygens (including phenoxy) is 1. The molecule has 0 aliphatic carbocycles. The molecular weight excluding hydrogens is 300 g/mol. The van der Waals surface area contributed by atoms with E-state index in [4.69, 9.17) is 10.5 Å². The summed E-state index contributed by atoms with van der Waals surface area (Å²) in [6, 6.07) is 17.5. The molecule has 2 aromatic rings. The van der Waals surface area contributed by atoms with E-state index in [1.54, 1.807) is 7.11 Å². The number of benzene rings is 2. The van der Waals surface area contributed by atoms with Crippen molar-refractivity contribution in [1.82, 2.24) is 5.32 Å². The zero-order valence-electron chi connectivity index (χ0n) is 14.1. The van der Waals surface area contributed by atoms with Gasteiger partial charge < -0.3 is 20.9 Å². The Hall–Kier alpha value is -2.30. The Bertz CT molecular complexity index is 626. The van der Waals surface area contributed by atoms with E-state index in [9.17, 15) is 5.11 Å². The van der Waals surface area contributed by atoms with E-state index in [0.29, 0.717) is 18.7 Å². The van der Waals surface area contributed by atoms with Crippen LogP contribution in [0, 0.1) is 0 Å². The fraction of sp³-hybridized carbons (Fsp3) is 0.300. The van der Waals surface area contributed by atoms with Gasteiger partial charge in [-0.25, -0.2) is 0 Å². The van der Waals surface area contributed by atoms with Crippen LogP contribution in [0.5, 0.6) is 5.75 Å². The minimum absolute atomic E-state index is 0.381. The molecule has 0 fully saturated rings. The van der Waals surface area contributed by atoms with E-state index in [1.807, 2.05) is 54.6 Å². The number of nitrogens with two attached hydrogens (primary N) is 1. The zero-order valence-corrected chi connectivity index (χ0v) is 14.1. The number of hydrogen-bond donors (Lipinski definition) is 3. The maximum absolute atomic E-state index is 10.3. The van der Waals surface area contributed by atoms with E-state index < -0.39 is 6.10 Å². The van der Waals surface area contributed by atoms with Gasteiger partial charge in [0.2, 0.25) is 0 Å². The molecule has 128 valence electrons. The van der Waals surface area contributed by atoms with Crippen LogP contribution in [0.25, 0.3) is 0 Å². The van der Waals surface area contributed by atoms with Gasteiger partial charge >= 0.3 is 0 Å². The van der Waals surface area contributed by atoms with Gasteiger partial charge in [-0.05, 0) is 36.1 Å². The van der Waals surface area contributed by atoms with Gasteiger partial charge in [0, 0.05) is 18.3 Å². The summed E-state index contributed by atoms with van der Waals surface area (Å²) in [6.45, 7) is 4.61. The maximum Gasteiger partial charge on any atom is 0.118 e. The first kappa shape index (κ1) is 18.0. The number of nitrogens with one attached hydrogen (secondary N) is 1. The number of hydrogen-bond acceptors (Lipinski definition) is 4. The molecule has 0 spiro atoms. The highest BCUT2D eigenvalue weighted by Gasteiger charge is 2.18. The highest BCUT2D eigenvalue weighted by atomic mass is 16.5. The molecule has 0 aromatic heterocycles. The van der Waals surface area contributed by atoms with Crippen LogP contribution in [0.4, 0.5) is 0 Å². The van der Waals surface area contributed by atoms with Gasteiger partial charge in [0.05, 0.1) is 7.11 Å². The normalized spacial score (nSPS) is 13.1. The Balaban J connectivity index is 1.76. The number of aliphatic hydroxyl groups is 1. The predicted molar refractivity (Wildman–Crippen MR) is 98.0 cm³/mol. The van der Waals surface area contributed by atoms with Crippen LogP contribution < -0.4 is 15.8 Å². The molecule has 2 aromatic carbocycles. The standard InChI is InChI=1S/C20H26N2O2/c1-15(20(23)19(21)14-17-6-4-3-5-7-17)22-13-12-16-8-10-18(24-2)11-9-16/h3-11,19-20,22-23H,1,12-14,21H2,2H3. The third kappa shape index (κ3) is 5.41. The van der Waals surface area contributed by atoms with E-state index >= 15 is 0 Å². The van der Waals surface area contributed by atoms with Crippen molar-refractivity contribution in [2.45, 2.75) is 25.0 Å². The summed E-state index contributed by atoms with van der Waals surface area (Å²) in [6.07, 6.45) is 0.672. The van der Waals surface area contributed by atoms with Crippen molar-refractivity contribution in [3.8, 4) is 5.75 Å². The quantitative estimate of drug-likeness (QED) is 0.661. The average molecular weight is 326 g/mol. The third-order valence-electron chi connectivity index (χ3n) is 4.00. The molecule has 4 nitrogen and oxygen atoms in total. The van der Waals surface area contributed by atoms with Gasteiger partial charge in [0.15, 0.2) is 0 Å². The van der Waals surface area contributed by atoms with Crippen molar-refractivity contribution in [3.05, 3.63) is 78.0 Å². The van der Waals surface area contributed by atoms with Crippen LogP contribution in [0.2, 0.25) is 0 Å². The Kier molecular flexibility index (Phi) is 6.85. The molecule has 0 saturated heterocycles. The molecule has 0 bridgehead atoms. The molecule has 0 amide bonds. The molecule has 2 atom stereocenters. The van der Waals surface area contributed by atoms with Crippen LogP contribution in [0.15, 0.2) is 66.9 Å². The predicted octanol–water partition coefficient (Wildman–Crippen LogP) is 2.27. The average Bonchev–Trinajstić information content (AvgIpc) is 2.62. The van der Waals surface area contributed by atoms with Crippen molar-refractivity contribution in [1.29, 1.82) is 0 Å². The lowest BCUT2D eigenvalue weighted by Crippen LogP contribution is -2.41. The summed E-state index contributed by atoms with van der Waals surface area (Å²) >= 11 is 0. The molecule has 2 rings (SSSR count). The van der Waals surface area contributed by atoms with Crippen LogP contribution in [-0.4, -0.2) is 30.9 Å². The van der Waals surface area contributed by atoms with E-state index in [2.05, 4.69) is 11.9 Å². The second-order valence-corrected chi connectivity index (χ2v) is 5.85. The maximum atomic E-state index is 10.3. The molecule has 24 heavy (non-hydrogen) atoms. The zero-order chi connectivity index (χ0) is 17.4. The summed E-state index contributed by atoms with van der Waals surface area (Å²) in [5.74, 6) is 0.846. The van der Waals surface area contributed by atoms with Crippen molar-refractivity contribution in [2.75, 3.05) is 13.7 Å². The molecule has 2 unspecified atom stereocenters. The van der Waals surface area contributed by atoms with Crippen LogP contribution in [-0.2, 0) is 12.8 Å². The van der Waals surface area contributed by atoms with Gasteiger partial charge in [-0.2, -0.15) is 0 Å². The minimum Gasteiger partial charge on any atom is -0.497 e. The number of methoxy groups -OCH3 is 1.